The Morgan fingerprint density at radius 3 is 2.71 bits per heavy atom. The third kappa shape index (κ3) is 5.97. The molecule has 2 aliphatic heterocycles. The minimum absolute atomic E-state index is 0.00839. The highest BCUT2D eigenvalue weighted by molar-refractivity contribution is 8.01. The molecule has 4 rings (SSSR count). The maximum atomic E-state index is 13.0. The Balaban J connectivity index is 1.43. The number of thioether (sulfide) groups is 2. The number of carboxylic acids is 2. The fourth-order valence-electron chi connectivity index (χ4n) is 3.98. The van der Waals surface area contributed by atoms with E-state index in [2.05, 4.69) is 27.0 Å². The molecule has 19 heteroatoms. The number of allylic oxidation sites excluding steroid dienone is 1. The number of carbonyl (C=O) groups excluding carboxylic acids is 2. The number of nitrogens with zero attached hydrogens (tertiary/aromatic N) is 5. The fraction of sp³-hybridized carbons (Fsp3) is 0.304. The molecule has 4 heterocycles. The van der Waals surface area contributed by atoms with E-state index in [0.29, 0.717) is 29.3 Å². The van der Waals surface area contributed by atoms with Crippen molar-refractivity contribution in [1.82, 2.24) is 20.2 Å². The third-order valence-electron chi connectivity index (χ3n) is 6.12. The smallest absolute Gasteiger partial charge is 0.357 e. The normalized spacial score (nSPS) is 19.5. The number of fused-ring (bicyclic) bond motifs is 1. The molecule has 3 unspecified atom stereocenters. The zero-order valence-electron chi connectivity index (χ0n) is 21.9. The zero-order chi connectivity index (χ0) is 30.8. The van der Waals surface area contributed by atoms with Gasteiger partial charge in [0.05, 0.1) is 12.6 Å². The van der Waals surface area contributed by atoms with E-state index in [1.807, 2.05) is 0 Å². The number of amides is 2. The van der Waals surface area contributed by atoms with Crippen LogP contribution in [0.25, 0.3) is 0 Å². The van der Waals surface area contributed by atoms with Crippen LogP contribution in [0.1, 0.15) is 12.6 Å². The number of carboxylic acid groups (broad SMARTS) is 2. The number of oxime groups is 1. The number of carbonyl (C=O) groups is 4. The van der Waals surface area contributed by atoms with Crippen molar-refractivity contribution in [3.05, 3.63) is 41.1 Å². The van der Waals surface area contributed by atoms with Gasteiger partial charge in [-0.3, -0.25) is 14.5 Å². The fourth-order valence-corrected chi connectivity index (χ4v) is 7.17. The number of rotatable bonds is 12. The van der Waals surface area contributed by atoms with Crippen molar-refractivity contribution in [3.63, 3.8) is 0 Å². The summed E-state index contributed by atoms with van der Waals surface area (Å²) in [6.45, 7) is 5.25. The number of aromatic nitrogens is 3. The molecule has 9 N–H and O–H groups in total. The van der Waals surface area contributed by atoms with Crippen LogP contribution in [-0.4, -0.2) is 78.0 Å². The molecule has 2 amide bonds. The highest BCUT2D eigenvalue weighted by atomic mass is 32.2. The monoisotopic (exact) mass is 636 g/mol. The molecule has 16 nitrogen and oxygen atoms in total. The highest BCUT2D eigenvalue weighted by Gasteiger charge is 2.54. The second-order valence-corrected chi connectivity index (χ2v) is 11.9. The molecule has 42 heavy (non-hydrogen) atoms. The Labute approximate surface area is 250 Å². The summed E-state index contributed by atoms with van der Waals surface area (Å²) in [5.41, 5.74) is 15.7. The summed E-state index contributed by atoms with van der Waals surface area (Å²) in [4.78, 5) is 63.8. The second-order valence-electron chi connectivity index (χ2n) is 8.96. The largest absolute Gasteiger partial charge is 0.478 e. The number of hydrogen-bond acceptors (Lipinski definition) is 14. The number of nitrogens with one attached hydrogen (secondary N) is 1. The first kappa shape index (κ1) is 30.6. The molecule has 2 aromatic heterocycles. The zero-order valence-corrected chi connectivity index (χ0v) is 24.4. The van der Waals surface area contributed by atoms with Crippen LogP contribution in [0.15, 0.2) is 45.7 Å². The van der Waals surface area contributed by atoms with E-state index in [9.17, 15) is 29.4 Å². The van der Waals surface area contributed by atoms with Gasteiger partial charge in [0.1, 0.15) is 29.0 Å². The second kappa shape index (κ2) is 12.2. The Morgan fingerprint density at radius 1 is 1.36 bits per heavy atom. The number of thiazole rings is 1. The predicted octanol–water partition coefficient (Wildman–Crippen LogP) is -0.409. The van der Waals surface area contributed by atoms with E-state index in [-0.39, 0.29) is 33.8 Å². The molecule has 2 aromatic rings. The van der Waals surface area contributed by atoms with Crippen LogP contribution in [0.3, 0.4) is 0 Å². The maximum Gasteiger partial charge on any atom is 0.357 e. The van der Waals surface area contributed by atoms with Gasteiger partial charge in [0, 0.05) is 16.9 Å². The van der Waals surface area contributed by atoms with Gasteiger partial charge in [-0.2, -0.15) is 0 Å². The molecule has 0 aliphatic carbocycles. The van der Waals surface area contributed by atoms with Gasteiger partial charge in [0.15, 0.2) is 5.13 Å². The predicted molar refractivity (Wildman–Crippen MR) is 155 cm³/mol. The Morgan fingerprint density at radius 2 is 2.10 bits per heavy atom. The third-order valence-corrected chi connectivity index (χ3v) is 9.20. The van der Waals surface area contributed by atoms with E-state index in [4.69, 9.17) is 22.0 Å². The van der Waals surface area contributed by atoms with Gasteiger partial charge in [0.2, 0.25) is 11.6 Å². The minimum Gasteiger partial charge on any atom is -0.478 e. The molecule has 0 saturated carbocycles. The molecule has 0 spiro atoms. The SMILES string of the molecule is C=CC[n+]1c(N)cc(N)nc1SCC1=C(C(=O)O)N2C(=O)C(NC(=O)/C=N\OC(C)(C(=O)O)c3csc(N)n3)C2SC1. The van der Waals surface area contributed by atoms with Crippen LogP contribution < -0.4 is 27.1 Å². The number of anilines is 3. The lowest BCUT2D eigenvalue weighted by molar-refractivity contribution is -0.713. The Kier molecular flexibility index (Phi) is 8.92. The van der Waals surface area contributed by atoms with Crippen molar-refractivity contribution in [2.45, 2.75) is 35.6 Å². The Bertz CT molecular complexity index is 1530. The first-order valence-corrected chi connectivity index (χ1v) is 14.8. The van der Waals surface area contributed by atoms with E-state index in [1.54, 1.807) is 10.6 Å². The van der Waals surface area contributed by atoms with E-state index < -0.39 is 40.8 Å². The van der Waals surface area contributed by atoms with Gasteiger partial charge in [-0.1, -0.05) is 22.8 Å². The molecule has 1 fully saturated rings. The molecule has 222 valence electrons. The van der Waals surface area contributed by atoms with Gasteiger partial charge in [-0.05, 0) is 24.3 Å². The molecule has 1 saturated heterocycles. The van der Waals surface area contributed by atoms with Gasteiger partial charge < -0.3 is 37.6 Å². The molecule has 0 radical (unpaired) electrons. The first-order chi connectivity index (χ1) is 19.9. The van der Waals surface area contributed by atoms with Crippen molar-refractivity contribution in [1.29, 1.82) is 0 Å². The van der Waals surface area contributed by atoms with E-state index in [1.165, 1.54) is 41.9 Å². The minimum atomic E-state index is -2.01. The molecule has 2 aliphatic rings. The first-order valence-electron chi connectivity index (χ1n) is 11.9. The van der Waals surface area contributed by atoms with Crippen molar-refractivity contribution < 1.29 is 38.8 Å². The van der Waals surface area contributed by atoms with Crippen molar-refractivity contribution in [2.24, 2.45) is 5.16 Å². The van der Waals surface area contributed by atoms with Crippen LogP contribution in [0.4, 0.5) is 16.8 Å². The lowest BCUT2D eigenvalue weighted by Gasteiger charge is -2.49. The summed E-state index contributed by atoms with van der Waals surface area (Å²) in [6.07, 6.45) is 2.31. The van der Waals surface area contributed by atoms with Gasteiger partial charge in [-0.25, -0.2) is 19.1 Å². The van der Waals surface area contributed by atoms with Crippen molar-refractivity contribution >= 4 is 81.6 Å². The average molecular weight is 637 g/mol. The lowest BCUT2D eigenvalue weighted by atomic mass is 10.0. The van der Waals surface area contributed by atoms with Crippen LogP contribution in [0.5, 0.6) is 0 Å². The summed E-state index contributed by atoms with van der Waals surface area (Å²) < 4.78 is 1.67. The highest BCUT2D eigenvalue weighted by Crippen LogP contribution is 2.41. The van der Waals surface area contributed by atoms with Gasteiger partial charge in [0.25, 0.3) is 17.4 Å². The van der Waals surface area contributed by atoms with Crippen molar-refractivity contribution in [3.8, 4) is 0 Å². The maximum absolute atomic E-state index is 13.0. The number of aliphatic carboxylic acids is 2. The summed E-state index contributed by atoms with van der Waals surface area (Å²) >= 11 is 3.50. The van der Waals surface area contributed by atoms with Gasteiger partial charge in [-0.15, -0.1) is 23.1 Å². The molecule has 0 aromatic carbocycles. The number of hydrogen-bond donors (Lipinski definition) is 6. The quantitative estimate of drug-likeness (QED) is 0.0330. The van der Waals surface area contributed by atoms with Crippen LogP contribution in [0.2, 0.25) is 0 Å². The van der Waals surface area contributed by atoms with E-state index >= 15 is 0 Å². The Hall–Kier alpha value is -4.36. The van der Waals surface area contributed by atoms with Crippen LogP contribution in [0, 0.1) is 0 Å². The molecule has 3 atom stereocenters. The van der Waals surface area contributed by atoms with Crippen LogP contribution >= 0.6 is 34.9 Å². The standard InChI is InChI=1S/C23H25N9O7S3/c1-3-4-31-13(25)5-12(24)29-22(31)42-8-10-7-40-18-15(17(34)32(18)16(10)19(35)36)30-14(33)6-27-39-23(2,20(37)38)11-9-41-21(26)28-11/h3,5-6,9,15,18H,1,4,7-8H2,2H3,(H8,24,25,26,28,30,33,35,36,37,38)/p+1/b27-6-. The summed E-state index contributed by atoms with van der Waals surface area (Å²) in [5.74, 6) is -3.17. The summed E-state index contributed by atoms with van der Waals surface area (Å²) in [5, 5.41) is 26.7. The van der Waals surface area contributed by atoms with Gasteiger partial charge >= 0.3 is 17.1 Å². The number of β-lactam (4-membered cyclic amide) rings is 1. The van der Waals surface area contributed by atoms with Crippen molar-refractivity contribution in [2.75, 3.05) is 28.7 Å². The molecule has 0 bridgehead atoms. The summed E-state index contributed by atoms with van der Waals surface area (Å²) in [7, 11) is 0. The average Bonchev–Trinajstić information content (AvgIpc) is 3.38. The molecular formula is C23H26N9O7S3+. The number of nitrogens with two attached hydrogens (primary N) is 3. The lowest BCUT2D eigenvalue weighted by Crippen LogP contribution is -2.70. The summed E-state index contributed by atoms with van der Waals surface area (Å²) in [6, 6.07) is 0.467. The van der Waals surface area contributed by atoms with E-state index in [0.717, 1.165) is 16.2 Å². The molecular weight excluding hydrogens is 611 g/mol. The van der Waals surface area contributed by atoms with Crippen LogP contribution in [-0.2, 0) is 36.2 Å². The topological polar surface area (TPSA) is 253 Å². The number of nitrogen functional groups attached to an aromatic ring is 3.